The molecule has 0 bridgehead atoms. The molecule has 0 aromatic carbocycles. The van der Waals surface area contributed by atoms with E-state index in [1.165, 1.54) is 173 Å². The van der Waals surface area contributed by atoms with Crippen LogP contribution in [0.25, 0.3) is 0 Å². The van der Waals surface area contributed by atoms with E-state index < -0.39 is 79.3 Å². The van der Waals surface area contributed by atoms with Crippen LogP contribution in [0, 0.1) is 0 Å². The monoisotopic (exact) mass is 1230 g/mol. The van der Waals surface area contributed by atoms with Crippen LogP contribution in [0.2, 0.25) is 0 Å². The quantitative estimate of drug-likeness (QED) is 0.0153. The molecule has 0 amide bonds. The van der Waals surface area contributed by atoms with Gasteiger partial charge in [0, 0.05) is 19.3 Å². The third-order valence-corrected chi connectivity index (χ3v) is 15.1. The molecule has 0 aliphatic carbocycles. The van der Waals surface area contributed by atoms with Crippen LogP contribution in [0.4, 0.5) is 0 Å². The predicted octanol–water partition coefficient (Wildman–Crippen LogP) is 12.6. The molecule has 488 valence electrons. The first kappa shape index (κ1) is 87.1. The van der Waals surface area contributed by atoms with Crippen LogP contribution in [0.3, 0.4) is 0 Å². The van der Waals surface area contributed by atoms with Crippen molar-refractivity contribution in [3.8, 4) is 0 Å². The molecule has 0 aliphatic rings. The Morgan fingerprint density at radius 2 is 0.469 bits per heavy atom. The molecule has 4 atom stereocenters. The fourth-order valence-corrected chi connectivity index (χ4v) is 10.2. The highest BCUT2D eigenvalue weighted by Crippen LogP contribution is 2.37. The normalized spacial score (nSPS) is 13.4. The Labute approximate surface area is 495 Å². The fourth-order valence-electron chi connectivity index (χ4n) is 10.2. The first-order chi connectivity index (χ1) is 38.7. The third kappa shape index (κ3) is 54.8. The van der Waals surface area contributed by atoms with E-state index in [2.05, 4.69) is 20.8 Å². The molecule has 0 heterocycles. The van der Waals surface area contributed by atoms with Crippen molar-refractivity contribution in [1.82, 2.24) is 0 Å². The van der Waals surface area contributed by atoms with Crippen molar-refractivity contribution in [2.75, 3.05) is 6.61 Å². The molecule has 0 unspecified atom stereocenters. The number of carbonyl (C=O) groups is 3. The first-order valence-corrected chi connectivity index (χ1v) is 35.6. The number of rotatable bonds is 56. The maximum Gasteiger partial charge on any atom is 0.324 e. The van der Waals surface area contributed by atoms with E-state index in [-0.39, 0.29) is 19.3 Å². The zero-order chi connectivity index (χ0) is 61.8. The Morgan fingerprint density at radius 1 is 0.309 bits per heavy atom. The second-order valence-electron chi connectivity index (χ2n) is 22.3. The van der Waals surface area contributed by atoms with Gasteiger partial charge < -0.3 is 74.7 Å². The van der Waals surface area contributed by atoms with Gasteiger partial charge in [0.1, 0.15) is 18.3 Å². The standard InChI is InChI=1S/C60H116O9.3H3O3P/c1-4-7-10-13-16-19-22-25-28-31-34-37-40-43-46-49-54(63)59(68,55(64)50-47-44-41-38-35-32-29-26-23-20-17-14-11-8-5-2)60(69,58(67)57(66)53(62)52-61)56(65)51-48-45-42-39-36-33-30-27-24-21-18-15-12-9-6-3;3*1-4(2)3/h53,57-58,61-62,66-69H,4-52H2,1-3H3;3*1-3H/t53-,57-,58+,60-;;;/m1.../s1. The molecular weight excluding hydrogens is 1100 g/mol. The smallest absolute Gasteiger partial charge is 0.324 e. The number of carbonyl (C=O) groups excluding carboxylic acids is 3. The second kappa shape index (κ2) is 64.2. The molecule has 0 saturated carbocycles. The van der Waals surface area contributed by atoms with Gasteiger partial charge in [-0.2, -0.15) is 0 Å². The maximum atomic E-state index is 14.2. The van der Waals surface area contributed by atoms with Gasteiger partial charge in [-0.15, -0.1) is 0 Å². The predicted molar refractivity (Wildman–Crippen MR) is 329 cm³/mol. The van der Waals surface area contributed by atoms with Gasteiger partial charge in [-0.3, -0.25) is 14.4 Å². The van der Waals surface area contributed by atoms with Crippen molar-refractivity contribution < 1.29 is 89.1 Å². The summed E-state index contributed by atoms with van der Waals surface area (Å²) in [6.07, 6.45) is 42.4. The minimum atomic E-state index is -3.42. The van der Waals surface area contributed by atoms with Crippen molar-refractivity contribution in [1.29, 1.82) is 0 Å². The summed E-state index contributed by atoms with van der Waals surface area (Å²) < 4.78 is 0. The van der Waals surface area contributed by atoms with E-state index in [4.69, 9.17) is 44.0 Å². The zero-order valence-electron chi connectivity index (χ0n) is 51.2. The van der Waals surface area contributed by atoms with Gasteiger partial charge in [-0.1, -0.05) is 290 Å². The molecule has 0 aliphatic heterocycles. The fraction of sp³-hybridized carbons (Fsp3) is 0.950. The lowest BCUT2D eigenvalue weighted by molar-refractivity contribution is -0.224. The number of hydrogen-bond donors (Lipinski definition) is 15. The minimum Gasteiger partial charge on any atom is -0.394 e. The van der Waals surface area contributed by atoms with Crippen LogP contribution in [0.1, 0.15) is 329 Å². The Morgan fingerprint density at radius 3 is 0.642 bits per heavy atom. The van der Waals surface area contributed by atoms with Crippen LogP contribution in [0.5, 0.6) is 0 Å². The van der Waals surface area contributed by atoms with Gasteiger partial charge in [0.2, 0.25) is 5.60 Å². The van der Waals surface area contributed by atoms with Gasteiger partial charge in [-0.05, 0) is 19.3 Å². The molecule has 0 radical (unpaired) electrons. The van der Waals surface area contributed by atoms with Gasteiger partial charge >= 0.3 is 25.8 Å². The molecule has 0 rings (SSSR count). The molecule has 21 heteroatoms. The number of ketones is 3. The van der Waals surface area contributed by atoms with Gasteiger partial charge in [0.25, 0.3) is 0 Å². The van der Waals surface area contributed by atoms with E-state index in [0.717, 1.165) is 77.0 Å². The first-order valence-electron chi connectivity index (χ1n) is 32.0. The largest absolute Gasteiger partial charge is 0.394 e. The summed E-state index contributed by atoms with van der Waals surface area (Å²) in [6.45, 7) is 5.71. The minimum absolute atomic E-state index is 0.292. The summed E-state index contributed by atoms with van der Waals surface area (Å²) >= 11 is 0. The molecule has 0 aromatic rings. The summed E-state index contributed by atoms with van der Waals surface area (Å²) in [5.41, 5.74) is -6.75. The van der Waals surface area contributed by atoms with Crippen LogP contribution in [-0.2, 0) is 14.4 Å². The molecule has 0 saturated heterocycles. The van der Waals surface area contributed by atoms with Crippen LogP contribution in [0.15, 0.2) is 0 Å². The lowest BCUT2D eigenvalue weighted by Gasteiger charge is -2.44. The number of aliphatic hydroxyl groups is 6. The average Bonchev–Trinajstić information content (AvgIpc) is 3.31. The van der Waals surface area contributed by atoms with Crippen molar-refractivity contribution in [2.45, 2.75) is 358 Å². The molecule has 15 N–H and O–H groups in total. The van der Waals surface area contributed by atoms with E-state index in [0.29, 0.717) is 38.5 Å². The Balaban J connectivity index is -0.00000223. The van der Waals surface area contributed by atoms with Gasteiger partial charge in [0.05, 0.1) is 6.61 Å². The SMILES string of the molecule is CCCCCCCCCCCCCCCCCC(=O)C(O)(C(=O)CCCCCCCCCCCCCCCCC)[C@@](O)(C(=O)CCCCCCCCCCCCCCCCC)[C@@H](O)[C@H](O)[C@H](O)CO.OP(O)O.OP(O)O.OP(O)O. The summed E-state index contributed by atoms with van der Waals surface area (Å²) in [4.78, 5) is 108. The highest BCUT2D eigenvalue weighted by molar-refractivity contribution is 7.38. The third-order valence-electron chi connectivity index (χ3n) is 15.1. The summed E-state index contributed by atoms with van der Waals surface area (Å²) in [5.74, 6) is -3.23. The van der Waals surface area contributed by atoms with E-state index >= 15 is 0 Å². The molecule has 0 spiro atoms. The van der Waals surface area contributed by atoms with Gasteiger partial charge in [0.15, 0.2) is 23.0 Å². The van der Waals surface area contributed by atoms with Crippen LogP contribution in [-0.4, -0.2) is 128 Å². The average molecular weight is 1230 g/mol. The molecule has 18 nitrogen and oxygen atoms in total. The number of Topliss-reactive ketones (excluding diaryl/α,β-unsaturated/α-hetero) is 3. The van der Waals surface area contributed by atoms with Crippen molar-refractivity contribution in [2.24, 2.45) is 0 Å². The van der Waals surface area contributed by atoms with Gasteiger partial charge in [-0.25, -0.2) is 0 Å². The van der Waals surface area contributed by atoms with Crippen molar-refractivity contribution in [3.05, 3.63) is 0 Å². The Kier molecular flexibility index (Phi) is 69.0. The Bertz CT molecular complexity index is 1270. The highest BCUT2D eigenvalue weighted by Gasteiger charge is 2.67. The molecule has 0 fully saturated rings. The summed E-state index contributed by atoms with van der Waals surface area (Å²) in [5, 5.41) is 67.2. The summed E-state index contributed by atoms with van der Waals surface area (Å²) in [6, 6.07) is 0. The van der Waals surface area contributed by atoms with Crippen LogP contribution >= 0.6 is 25.8 Å². The molecule has 81 heavy (non-hydrogen) atoms. The van der Waals surface area contributed by atoms with E-state index in [1.54, 1.807) is 0 Å². The van der Waals surface area contributed by atoms with E-state index in [1.807, 2.05) is 0 Å². The van der Waals surface area contributed by atoms with Crippen LogP contribution < -0.4 is 0 Å². The number of hydrogen-bond acceptors (Lipinski definition) is 18. The van der Waals surface area contributed by atoms with Crippen molar-refractivity contribution >= 4 is 43.2 Å². The van der Waals surface area contributed by atoms with E-state index in [9.17, 15) is 45.0 Å². The molecule has 0 aromatic heterocycles. The highest BCUT2D eigenvalue weighted by atomic mass is 31.2. The summed E-state index contributed by atoms with van der Waals surface area (Å²) in [7, 11) is -7.86. The lowest BCUT2D eigenvalue weighted by Crippen LogP contribution is -2.75. The maximum absolute atomic E-state index is 14.2. The second-order valence-corrected chi connectivity index (χ2v) is 23.9. The lowest BCUT2D eigenvalue weighted by atomic mass is 9.66. The molecular formula is C60H125O18P3. The van der Waals surface area contributed by atoms with Crippen molar-refractivity contribution in [3.63, 3.8) is 0 Å². The Hall–Kier alpha value is -0.300. The topological polar surface area (TPSA) is 355 Å². The number of aliphatic hydroxyl groups excluding tert-OH is 4. The zero-order valence-corrected chi connectivity index (χ0v) is 53.8. The number of unbranched alkanes of at least 4 members (excludes halogenated alkanes) is 42.